The van der Waals surface area contributed by atoms with Gasteiger partial charge in [-0.3, -0.25) is 9.59 Å². The second kappa shape index (κ2) is 8.67. The first-order chi connectivity index (χ1) is 11.1. The SMILES string of the molecule is COCCNC(=O)C1CCC(C(=O)N(C)c2ccccc2)CC1. The Morgan fingerprint density at radius 1 is 1.13 bits per heavy atom. The lowest BCUT2D eigenvalue weighted by atomic mass is 9.81. The lowest BCUT2D eigenvalue weighted by molar-refractivity contribution is -0.129. The van der Waals surface area contributed by atoms with Crippen molar-refractivity contribution in [3.63, 3.8) is 0 Å². The number of carbonyl (C=O) groups excluding carboxylic acids is 2. The standard InChI is InChI=1S/C18H26N2O3/c1-20(16-6-4-3-5-7-16)18(22)15-10-8-14(9-11-15)17(21)19-12-13-23-2/h3-7,14-15H,8-13H2,1-2H3,(H,19,21). The molecular formula is C18H26N2O3. The number of anilines is 1. The summed E-state index contributed by atoms with van der Waals surface area (Å²) in [4.78, 5) is 26.4. The van der Waals surface area contributed by atoms with Crippen LogP contribution in [0.3, 0.4) is 0 Å². The van der Waals surface area contributed by atoms with E-state index in [1.165, 1.54) is 0 Å². The van der Waals surface area contributed by atoms with Crippen LogP contribution in [0.5, 0.6) is 0 Å². The Hall–Kier alpha value is -1.88. The molecule has 0 atom stereocenters. The van der Waals surface area contributed by atoms with E-state index in [0.29, 0.717) is 13.2 Å². The van der Waals surface area contributed by atoms with Crippen LogP contribution in [0.15, 0.2) is 30.3 Å². The third-order valence-corrected chi connectivity index (χ3v) is 4.53. The zero-order valence-corrected chi connectivity index (χ0v) is 14.0. The van der Waals surface area contributed by atoms with Gasteiger partial charge in [0.25, 0.3) is 0 Å². The van der Waals surface area contributed by atoms with Crippen molar-refractivity contribution in [1.29, 1.82) is 0 Å². The molecule has 1 saturated carbocycles. The summed E-state index contributed by atoms with van der Waals surface area (Å²) >= 11 is 0. The van der Waals surface area contributed by atoms with Gasteiger partial charge in [-0.15, -0.1) is 0 Å². The number of hydrogen-bond donors (Lipinski definition) is 1. The fourth-order valence-electron chi connectivity index (χ4n) is 3.08. The molecule has 0 aromatic heterocycles. The summed E-state index contributed by atoms with van der Waals surface area (Å²) in [6, 6.07) is 9.68. The van der Waals surface area contributed by atoms with Gasteiger partial charge in [-0.2, -0.15) is 0 Å². The molecular weight excluding hydrogens is 292 g/mol. The maximum Gasteiger partial charge on any atom is 0.229 e. The number of methoxy groups -OCH3 is 1. The smallest absolute Gasteiger partial charge is 0.229 e. The van der Waals surface area contributed by atoms with Gasteiger partial charge in [0, 0.05) is 38.2 Å². The van der Waals surface area contributed by atoms with Crippen LogP contribution in [0, 0.1) is 11.8 Å². The first kappa shape index (κ1) is 17.5. The average molecular weight is 318 g/mol. The molecule has 2 amide bonds. The number of rotatable bonds is 6. The minimum atomic E-state index is 0.0169. The molecule has 0 saturated heterocycles. The molecule has 1 aliphatic carbocycles. The first-order valence-corrected chi connectivity index (χ1v) is 8.22. The lowest BCUT2D eigenvalue weighted by Crippen LogP contribution is -2.39. The van der Waals surface area contributed by atoms with Crippen molar-refractivity contribution < 1.29 is 14.3 Å². The fraction of sp³-hybridized carbons (Fsp3) is 0.556. The van der Waals surface area contributed by atoms with Gasteiger partial charge in [0.05, 0.1) is 6.61 Å². The highest BCUT2D eigenvalue weighted by molar-refractivity contribution is 5.94. The normalized spacial score (nSPS) is 20.8. The number of ether oxygens (including phenoxy) is 1. The van der Waals surface area contributed by atoms with E-state index >= 15 is 0 Å². The van der Waals surface area contributed by atoms with Crippen LogP contribution in [0.4, 0.5) is 5.69 Å². The number of benzene rings is 1. The molecule has 1 aromatic carbocycles. The van der Waals surface area contributed by atoms with Gasteiger partial charge in [0.1, 0.15) is 0 Å². The van der Waals surface area contributed by atoms with Crippen LogP contribution in [-0.2, 0) is 14.3 Å². The Morgan fingerprint density at radius 2 is 1.74 bits per heavy atom. The number of nitrogens with one attached hydrogen (secondary N) is 1. The van der Waals surface area contributed by atoms with E-state index in [1.54, 1.807) is 12.0 Å². The molecule has 0 bridgehead atoms. The molecule has 1 fully saturated rings. The van der Waals surface area contributed by atoms with Crippen molar-refractivity contribution in [1.82, 2.24) is 5.32 Å². The maximum absolute atomic E-state index is 12.6. The molecule has 0 spiro atoms. The summed E-state index contributed by atoms with van der Waals surface area (Å²) in [6.45, 7) is 1.08. The number of hydrogen-bond acceptors (Lipinski definition) is 3. The van der Waals surface area contributed by atoms with Crippen LogP contribution < -0.4 is 10.2 Å². The summed E-state index contributed by atoms with van der Waals surface area (Å²) in [6.07, 6.45) is 3.10. The second-order valence-electron chi connectivity index (χ2n) is 6.07. The Bertz CT molecular complexity index is 510. The van der Waals surface area contributed by atoms with Crippen LogP contribution >= 0.6 is 0 Å². The van der Waals surface area contributed by atoms with Gasteiger partial charge in [0.2, 0.25) is 11.8 Å². The van der Waals surface area contributed by atoms with Gasteiger partial charge in [-0.1, -0.05) is 18.2 Å². The van der Waals surface area contributed by atoms with Crippen molar-refractivity contribution in [3.8, 4) is 0 Å². The van der Waals surface area contributed by atoms with Gasteiger partial charge < -0.3 is 15.0 Å². The largest absolute Gasteiger partial charge is 0.383 e. The Kier molecular flexibility index (Phi) is 6.59. The van der Waals surface area contributed by atoms with E-state index in [-0.39, 0.29) is 23.7 Å². The Balaban J connectivity index is 1.82. The molecule has 5 nitrogen and oxygen atoms in total. The van der Waals surface area contributed by atoms with Gasteiger partial charge in [-0.25, -0.2) is 0 Å². The topological polar surface area (TPSA) is 58.6 Å². The summed E-state index contributed by atoms with van der Waals surface area (Å²) in [5.74, 6) is 0.278. The predicted octanol–water partition coefficient (Wildman–Crippen LogP) is 2.22. The summed E-state index contributed by atoms with van der Waals surface area (Å²) in [7, 11) is 3.44. The fourth-order valence-corrected chi connectivity index (χ4v) is 3.08. The summed E-state index contributed by atoms with van der Waals surface area (Å²) in [5, 5.41) is 2.89. The molecule has 126 valence electrons. The zero-order valence-electron chi connectivity index (χ0n) is 14.0. The highest BCUT2D eigenvalue weighted by Gasteiger charge is 2.31. The van der Waals surface area contributed by atoms with Gasteiger partial charge in [-0.05, 0) is 37.8 Å². The average Bonchev–Trinajstić information content (AvgIpc) is 2.61. The first-order valence-electron chi connectivity index (χ1n) is 8.22. The second-order valence-corrected chi connectivity index (χ2v) is 6.07. The summed E-state index contributed by atoms with van der Waals surface area (Å²) in [5.41, 5.74) is 0.914. The molecule has 1 aromatic rings. The van der Waals surface area contributed by atoms with Crippen molar-refractivity contribution in [2.24, 2.45) is 11.8 Å². The van der Waals surface area contributed by atoms with E-state index in [4.69, 9.17) is 4.74 Å². The molecule has 1 aliphatic rings. The molecule has 5 heteroatoms. The molecule has 1 N–H and O–H groups in total. The summed E-state index contributed by atoms with van der Waals surface area (Å²) < 4.78 is 4.93. The van der Waals surface area contributed by atoms with E-state index in [0.717, 1.165) is 31.4 Å². The van der Waals surface area contributed by atoms with Crippen LogP contribution in [0.2, 0.25) is 0 Å². The minimum Gasteiger partial charge on any atom is -0.383 e. The van der Waals surface area contributed by atoms with E-state index in [1.807, 2.05) is 37.4 Å². The molecule has 0 radical (unpaired) electrons. The minimum absolute atomic E-state index is 0.0169. The van der Waals surface area contributed by atoms with Crippen molar-refractivity contribution in [3.05, 3.63) is 30.3 Å². The van der Waals surface area contributed by atoms with Crippen molar-refractivity contribution in [2.75, 3.05) is 32.2 Å². The molecule has 0 heterocycles. The van der Waals surface area contributed by atoms with Crippen LogP contribution in [0.1, 0.15) is 25.7 Å². The number of carbonyl (C=O) groups is 2. The van der Waals surface area contributed by atoms with Gasteiger partial charge >= 0.3 is 0 Å². The Labute approximate surface area is 138 Å². The Morgan fingerprint density at radius 3 is 2.35 bits per heavy atom. The van der Waals surface area contributed by atoms with Crippen molar-refractivity contribution in [2.45, 2.75) is 25.7 Å². The predicted molar refractivity (Wildman–Crippen MR) is 90.2 cm³/mol. The van der Waals surface area contributed by atoms with Crippen LogP contribution in [0.25, 0.3) is 0 Å². The molecule has 0 aliphatic heterocycles. The lowest BCUT2D eigenvalue weighted by Gasteiger charge is -2.30. The number of nitrogens with zero attached hydrogens (tertiary/aromatic N) is 1. The third-order valence-electron chi connectivity index (χ3n) is 4.53. The van der Waals surface area contributed by atoms with E-state index in [9.17, 15) is 9.59 Å². The highest BCUT2D eigenvalue weighted by Crippen LogP contribution is 2.31. The quantitative estimate of drug-likeness (QED) is 0.818. The molecule has 2 rings (SSSR count). The number of para-hydroxylation sites is 1. The molecule has 23 heavy (non-hydrogen) atoms. The van der Waals surface area contributed by atoms with Crippen molar-refractivity contribution >= 4 is 17.5 Å². The van der Waals surface area contributed by atoms with E-state index in [2.05, 4.69) is 5.32 Å². The zero-order chi connectivity index (χ0) is 16.7. The number of amides is 2. The van der Waals surface area contributed by atoms with E-state index < -0.39 is 0 Å². The van der Waals surface area contributed by atoms with Gasteiger partial charge in [0.15, 0.2) is 0 Å². The van der Waals surface area contributed by atoms with Crippen LogP contribution in [-0.4, -0.2) is 39.1 Å². The maximum atomic E-state index is 12.6. The monoisotopic (exact) mass is 318 g/mol. The third kappa shape index (κ3) is 4.79. The highest BCUT2D eigenvalue weighted by atomic mass is 16.5. The molecule has 0 unspecified atom stereocenters.